The summed E-state index contributed by atoms with van der Waals surface area (Å²) in [5.74, 6) is 1.12. The van der Waals surface area contributed by atoms with Gasteiger partial charge in [0.25, 0.3) is 0 Å². The van der Waals surface area contributed by atoms with Crippen LogP contribution in [0.25, 0.3) is 0 Å². The van der Waals surface area contributed by atoms with Crippen molar-refractivity contribution >= 4 is 5.78 Å². The molecule has 8 heteroatoms. The van der Waals surface area contributed by atoms with Gasteiger partial charge in [0.15, 0.2) is 23.7 Å². The molecule has 0 bridgehead atoms. The summed E-state index contributed by atoms with van der Waals surface area (Å²) in [5.41, 5.74) is 1.83. The Balaban J connectivity index is 1.76. The molecule has 0 heterocycles. The number of benzene rings is 3. The Kier molecular flexibility index (Phi) is 9.08. The largest absolute Gasteiger partial charge is 0.497 e. The molecule has 0 amide bonds. The van der Waals surface area contributed by atoms with Gasteiger partial charge in [-0.3, -0.25) is 4.79 Å². The Hall–Kier alpha value is -3.59. The topological polar surface area (TPSA) is 115 Å². The lowest BCUT2D eigenvalue weighted by Crippen LogP contribution is -2.31. The van der Waals surface area contributed by atoms with Crippen molar-refractivity contribution in [3.8, 4) is 23.0 Å². The van der Waals surface area contributed by atoms with Crippen LogP contribution in [0.3, 0.4) is 0 Å². The third-order valence-corrected chi connectivity index (χ3v) is 5.47. The molecule has 0 spiro atoms. The zero-order chi connectivity index (χ0) is 25.4. The Morgan fingerprint density at radius 3 is 2.03 bits per heavy atom. The van der Waals surface area contributed by atoms with Crippen LogP contribution in [-0.2, 0) is 0 Å². The van der Waals surface area contributed by atoms with E-state index >= 15 is 0 Å². The van der Waals surface area contributed by atoms with Gasteiger partial charge < -0.3 is 34.3 Å². The van der Waals surface area contributed by atoms with Crippen molar-refractivity contribution in [2.24, 2.45) is 0 Å². The first-order valence-corrected chi connectivity index (χ1v) is 11.1. The van der Waals surface area contributed by atoms with Crippen LogP contribution in [0.1, 0.15) is 27.6 Å². The number of aryl methyl sites for hydroxylation is 1. The van der Waals surface area contributed by atoms with E-state index in [9.17, 15) is 20.1 Å². The standard InChI is InChI=1S/C27H30O8/c1-17-4-9-21(10-5-17)34-24(15-28)27(31)19-8-13-22(23(14-19)33-3)35-25(16-29)26(30)18-6-11-20(32-2)12-7-18/h4-14,24-26,28-30H,15-16H2,1-3H3/t24-,25+,26-/m0/s1. The molecule has 0 aliphatic heterocycles. The lowest BCUT2D eigenvalue weighted by molar-refractivity contribution is -0.000444. The van der Waals surface area contributed by atoms with Gasteiger partial charge in [-0.05, 0) is 55.0 Å². The molecular weight excluding hydrogens is 452 g/mol. The maximum Gasteiger partial charge on any atom is 0.205 e. The number of hydrogen-bond acceptors (Lipinski definition) is 8. The van der Waals surface area contributed by atoms with E-state index in [-0.39, 0.29) is 17.1 Å². The van der Waals surface area contributed by atoms with Crippen LogP contribution < -0.4 is 18.9 Å². The lowest BCUT2D eigenvalue weighted by atomic mass is 10.0. The van der Waals surface area contributed by atoms with Crippen molar-refractivity contribution in [2.45, 2.75) is 25.2 Å². The van der Waals surface area contributed by atoms with Crippen molar-refractivity contribution < 1.29 is 39.1 Å². The van der Waals surface area contributed by atoms with Crippen LogP contribution in [0.5, 0.6) is 23.0 Å². The number of aliphatic hydroxyl groups excluding tert-OH is 3. The normalized spacial score (nSPS) is 13.4. The lowest BCUT2D eigenvalue weighted by Gasteiger charge is -2.24. The fourth-order valence-electron chi connectivity index (χ4n) is 3.44. The minimum atomic E-state index is -1.13. The maximum absolute atomic E-state index is 13.0. The van der Waals surface area contributed by atoms with Crippen LogP contribution >= 0.6 is 0 Å². The summed E-state index contributed by atoms with van der Waals surface area (Å²) < 4.78 is 22.0. The van der Waals surface area contributed by atoms with E-state index in [4.69, 9.17) is 18.9 Å². The van der Waals surface area contributed by atoms with Gasteiger partial charge >= 0.3 is 0 Å². The monoisotopic (exact) mass is 482 g/mol. The molecule has 0 aliphatic rings. The highest BCUT2D eigenvalue weighted by Crippen LogP contribution is 2.32. The van der Waals surface area contributed by atoms with Crippen molar-refractivity contribution in [1.29, 1.82) is 0 Å². The van der Waals surface area contributed by atoms with E-state index in [2.05, 4.69) is 0 Å². The van der Waals surface area contributed by atoms with Crippen molar-refractivity contribution in [3.63, 3.8) is 0 Å². The van der Waals surface area contributed by atoms with Crippen molar-refractivity contribution in [3.05, 3.63) is 83.4 Å². The predicted molar refractivity (Wildman–Crippen MR) is 129 cm³/mol. The Morgan fingerprint density at radius 1 is 0.800 bits per heavy atom. The second-order valence-electron chi connectivity index (χ2n) is 7.89. The molecule has 0 unspecified atom stereocenters. The average molecular weight is 483 g/mol. The number of rotatable bonds is 12. The first-order valence-electron chi connectivity index (χ1n) is 11.1. The van der Waals surface area contributed by atoms with Gasteiger partial charge in [-0.25, -0.2) is 0 Å². The van der Waals surface area contributed by atoms with Gasteiger partial charge in [0, 0.05) is 5.56 Å². The Morgan fingerprint density at radius 2 is 1.46 bits per heavy atom. The van der Waals surface area contributed by atoms with E-state index in [0.717, 1.165) is 5.56 Å². The molecule has 3 aromatic rings. The van der Waals surface area contributed by atoms with Gasteiger partial charge in [-0.2, -0.15) is 0 Å². The number of methoxy groups -OCH3 is 2. The number of carbonyl (C=O) groups excluding carboxylic acids is 1. The van der Waals surface area contributed by atoms with Gasteiger partial charge in [-0.1, -0.05) is 29.8 Å². The zero-order valence-electron chi connectivity index (χ0n) is 19.9. The maximum atomic E-state index is 13.0. The minimum Gasteiger partial charge on any atom is -0.497 e. The van der Waals surface area contributed by atoms with Crippen LogP contribution in [-0.4, -0.2) is 60.7 Å². The van der Waals surface area contributed by atoms with E-state index in [1.807, 2.05) is 19.1 Å². The second-order valence-corrected chi connectivity index (χ2v) is 7.89. The third kappa shape index (κ3) is 6.51. The molecule has 3 aromatic carbocycles. The summed E-state index contributed by atoms with van der Waals surface area (Å²) in [4.78, 5) is 13.0. The summed E-state index contributed by atoms with van der Waals surface area (Å²) in [6.07, 6.45) is -3.22. The molecule has 0 saturated carbocycles. The molecule has 35 heavy (non-hydrogen) atoms. The van der Waals surface area contributed by atoms with E-state index < -0.39 is 37.3 Å². The van der Waals surface area contributed by atoms with Crippen LogP contribution in [0, 0.1) is 6.92 Å². The number of aliphatic hydroxyl groups is 3. The SMILES string of the molecule is COc1ccc([C@H](O)[C@@H](CO)Oc2ccc(C(=O)[C@H](CO)Oc3ccc(C)cc3)cc2OC)cc1. The Bertz CT molecular complexity index is 1100. The number of Topliss-reactive ketones (excluding diaryl/α,β-unsaturated/α-hetero) is 1. The smallest absolute Gasteiger partial charge is 0.205 e. The molecule has 186 valence electrons. The highest BCUT2D eigenvalue weighted by atomic mass is 16.5. The minimum absolute atomic E-state index is 0.225. The van der Waals surface area contributed by atoms with E-state index in [1.54, 1.807) is 43.5 Å². The van der Waals surface area contributed by atoms with Gasteiger partial charge in [0.1, 0.15) is 17.6 Å². The fourth-order valence-corrected chi connectivity index (χ4v) is 3.44. The van der Waals surface area contributed by atoms with Crippen molar-refractivity contribution in [2.75, 3.05) is 27.4 Å². The molecule has 0 saturated heterocycles. The van der Waals surface area contributed by atoms with Crippen LogP contribution in [0.4, 0.5) is 0 Å². The highest BCUT2D eigenvalue weighted by molar-refractivity contribution is 6.00. The fraction of sp³-hybridized carbons (Fsp3) is 0.296. The molecule has 0 fully saturated rings. The predicted octanol–water partition coefficient (Wildman–Crippen LogP) is 3.11. The summed E-state index contributed by atoms with van der Waals surface area (Å²) >= 11 is 0. The summed E-state index contributed by atoms with van der Waals surface area (Å²) in [7, 11) is 2.96. The molecule has 8 nitrogen and oxygen atoms in total. The second kappa shape index (κ2) is 12.2. The summed E-state index contributed by atoms with van der Waals surface area (Å²) in [5, 5.41) is 30.3. The molecule has 0 aromatic heterocycles. The van der Waals surface area contributed by atoms with E-state index in [1.165, 1.54) is 25.3 Å². The van der Waals surface area contributed by atoms with E-state index in [0.29, 0.717) is 17.1 Å². The molecular formula is C27H30O8. The Labute approximate surface area is 204 Å². The number of ketones is 1. The quantitative estimate of drug-likeness (QED) is 0.338. The molecule has 0 radical (unpaired) electrons. The van der Waals surface area contributed by atoms with Gasteiger partial charge in [-0.15, -0.1) is 0 Å². The molecule has 3 rings (SSSR count). The average Bonchev–Trinajstić information content (AvgIpc) is 2.90. The van der Waals surface area contributed by atoms with Crippen LogP contribution in [0.15, 0.2) is 66.7 Å². The zero-order valence-corrected chi connectivity index (χ0v) is 19.9. The highest BCUT2D eigenvalue weighted by Gasteiger charge is 2.26. The number of ether oxygens (including phenoxy) is 4. The first-order chi connectivity index (χ1) is 16.9. The van der Waals surface area contributed by atoms with Crippen molar-refractivity contribution in [1.82, 2.24) is 0 Å². The third-order valence-electron chi connectivity index (χ3n) is 5.47. The van der Waals surface area contributed by atoms with Gasteiger partial charge in [0.05, 0.1) is 27.4 Å². The first kappa shape index (κ1) is 26.0. The molecule has 0 aliphatic carbocycles. The molecule has 3 N–H and O–H groups in total. The van der Waals surface area contributed by atoms with Crippen LogP contribution in [0.2, 0.25) is 0 Å². The summed E-state index contributed by atoms with van der Waals surface area (Å²) in [6, 6.07) is 18.4. The van der Waals surface area contributed by atoms with Gasteiger partial charge in [0.2, 0.25) is 5.78 Å². The summed E-state index contributed by atoms with van der Waals surface area (Å²) in [6.45, 7) is 0.966. The molecule has 3 atom stereocenters. The number of hydrogen-bond donors (Lipinski definition) is 3. The number of carbonyl (C=O) groups is 1.